The fourth-order valence-electron chi connectivity index (χ4n) is 4.64. The predicted molar refractivity (Wildman–Crippen MR) is 100 cm³/mol. The van der Waals surface area contributed by atoms with E-state index in [1.54, 1.807) is 0 Å². The van der Waals surface area contributed by atoms with Gasteiger partial charge in [0.15, 0.2) is 12.4 Å². The van der Waals surface area contributed by atoms with Gasteiger partial charge >= 0.3 is 5.97 Å². The van der Waals surface area contributed by atoms with Crippen LogP contribution >= 0.6 is 0 Å². The van der Waals surface area contributed by atoms with Crippen molar-refractivity contribution in [3.8, 4) is 0 Å². The van der Waals surface area contributed by atoms with E-state index >= 15 is 0 Å². The number of H-pyrrole nitrogens is 1. The third kappa shape index (κ3) is 3.55. The molecule has 3 aliphatic rings. The maximum atomic E-state index is 13.2. The van der Waals surface area contributed by atoms with Gasteiger partial charge in [-0.05, 0) is 45.1 Å². The standard InChI is InChI=1S/C22H26N2O3/c1-14-19(22(26)27-16-8-3-2-4-9-16)20(15-7-6-12-23-13-15)21-17(24-14)10-5-11-18(21)25/h6-7,10,12-13,16,20-21,24H,2-5,8-9,11H2,1H3/p+1. The van der Waals surface area contributed by atoms with Crippen molar-refractivity contribution in [2.24, 2.45) is 5.92 Å². The van der Waals surface area contributed by atoms with Crippen LogP contribution in [0.3, 0.4) is 0 Å². The lowest BCUT2D eigenvalue weighted by Crippen LogP contribution is -2.41. The molecule has 1 saturated carbocycles. The first-order valence-electron chi connectivity index (χ1n) is 10.0. The molecule has 0 radical (unpaired) electrons. The van der Waals surface area contributed by atoms with Gasteiger partial charge in [-0.1, -0.05) is 12.5 Å². The molecule has 2 atom stereocenters. The Balaban J connectivity index is 1.72. The van der Waals surface area contributed by atoms with Crippen LogP contribution < -0.4 is 10.3 Å². The molecule has 2 N–H and O–H groups in total. The number of hydrogen-bond acceptors (Lipinski definition) is 4. The zero-order chi connectivity index (χ0) is 18.8. The lowest BCUT2D eigenvalue weighted by atomic mass is 9.71. The van der Waals surface area contributed by atoms with Gasteiger partial charge in [-0.3, -0.25) is 4.79 Å². The number of aromatic nitrogens is 1. The van der Waals surface area contributed by atoms with E-state index in [4.69, 9.17) is 4.74 Å². The molecular weight excluding hydrogens is 340 g/mol. The van der Waals surface area contributed by atoms with Gasteiger partial charge in [0.2, 0.25) is 0 Å². The maximum Gasteiger partial charge on any atom is 0.336 e. The van der Waals surface area contributed by atoms with Crippen molar-refractivity contribution in [1.82, 2.24) is 5.32 Å². The van der Waals surface area contributed by atoms with Crippen LogP contribution in [-0.2, 0) is 14.3 Å². The molecule has 4 rings (SSSR count). The zero-order valence-corrected chi connectivity index (χ0v) is 15.8. The van der Waals surface area contributed by atoms with Crippen LogP contribution in [0.4, 0.5) is 0 Å². The lowest BCUT2D eigenvalue weighted by molar-refractivity contribution is -0.378. The molecule has 2 aliphatic carbocycles. The third-order valence-electron chi connectivity index (χ3n) is 5.95. The molecule has 1 aromatic heterocycles. The van der Waals surface area contributed by atoms with E-state index < -0.39 is 0 Å². The molecule has 2 heterocycles. The van der Waals surface area contributed by atoms with Crippen molar-refractivity contribution in [3.05, 3.63) is 53.1 Å². The molecular formula is C22H27N2O3+. The molecule has 5 heteroatoms. The summed E-state index contributed by atoms with van der Waals surface area (Å²) in [5, 5.41) is 3.33. The van der Waals surface area contributed by atoms with E-state index in [2.05, 4.69) is 16.4 Å². The molecule has 1 aliphatic heterocycles. The average molecular weight is 367 g/mol. The number of Topliss-reactive ketones (excluding diaryl/α,β-unsaturated/α-hetero) is 1. The molecule has 27 heavy (non-hydrogen) atoms. The number of aromatic amines is 1. The predicted octanol–water partition coefficient (Wildman–Crippen LogP) is 3.20. The number of pyridine rings is 1. The number of carbonyl (C=O) groups is 2. The van der Waals surface area contributed by atoms with E-state index in [9.17, 15) is 9.59 Å². The van der Waals surface area contributed by atoms with Gasteiger partial charge in [-0.15, -0.1) is 0 Å². The van der Waals surface area contributed by atoms with Crippen molar-refractivity contribution in [2.75, 3.05) is 0 Å². The number of esters is 1. The minimum Gasteiger partial charge on any atom is -0.459 e. The molecule has 2 unspecified atom stereocenters. The van der Waals surface area contributed by atoms with Crippen molar-refractivity contribution >= 4 is 11.8 Å². The van der Waals surface area contributed by atoms with E-state index in [0.717, 1.165) is 49.1 Å². The fraction of sp³-hybridized carbons (Fsp3) is 0.500. The number of ether oxygens (including phenoxy) is 1. The molecule has 0 saturated heterocycles. The lowest BCUT2D eigenvalue weighted by Gasteiger charge is -2.37. The van der Waals surface area contributed by atoms with Crippen molar-refractivity contribution in [1.29, 1.82) is 0 Å². The van der Waals surface area contributed by atoms with Gasteiger partial charge in [0.25, 0.3) is 0 Å². The van der Waals surface area contributed by atoms with Crippen LogP contribution in [0.5, 0.6) is 0 Å². The number of hydrogen-bond donors (Lipinski definition) is 1. The summed E-state index contributed by atoms with van der Waals surface area (Å²) in [7, 11) is 0. The number of fused-ring (bicyclic) bond motifs is 1. The quantitative estimate of drug-likeness (QED) is 0.833. The Labute approximate surface area is 159 Å². The molecule has 0 amide bonds. The number of nitrogens with one attached hydrogen (secondary N) is 2. The van der Waals surface area contributed by atoms with Gasteiger partial charge in [0.05, 0.1) is 11.5 Å². The second-order valence-corrected chi connectivity index (χ2v) is 7.79. The van der Waals surface area contributed by atoms with Gasteiger partial charge < -0.3 is 10.1 Å². The van der Waals surface area contributed by atoms with Crippen molar-refractivity contribution < 1.29 is 19.3 Å². The second-order valence-electron chi connectivity index (χ2n) is 7.79. The van der Waals surface area contributed by atoms with Crippen molar-refractivity contribution in [3.63, 3.8) is 0 Å². The highest BCUT2D eigenvalue weighted by atomic mass is 16.5. The number of allylic oxidation sites excluding steroid dienone is 3. The first-order chi connectivity index (χ1) is 13.1. The van der Waals surface area contributed by atoms with Crippen LogP contribution in [0.1, 0.15) is 63.4 Å². The smallest absolute Gasteiger partial charge is 0.336 e. The molecule has 0 aromatic carbocycles. The SMILES string of the molecule is CC1=C(C(=O)OC2CCCCC2)C(c2ccc[nH+]c2)C2C(=O)CCC=C2N1. The van der Waals surface area contributed by atoms with Crippen LogP contribution in [0, 0.1) is 5.92 Å². The minimum absolute atomic E-state index is 0.00599. The molecule has 1 fully saturated rings. The van der Waals surface area contributed by atoms with Gasteiger partial charge in [-0.2, -0.15) is 0 Å². The van der Waals surface area contributed by atoms with E-state index in [-0.39, 0.29) is 29.7 Å². The Morgan fingerprint density at radius 1 is 1.22 bits per heavy atom. The Hall–Kier alpha value is -2.43. The van der Waals surface area contributed by atoms with Crippen molar-refractivity contribution in [2.45, 2.75) is 63.9 Å². The summed E-state index contributed by atoms with van der Waals surface area (Å²) in [5.41, 5.74) is 3.26. The van der Waals surface area contributed by atoms with Crippen LogP contribution in [0.25, 0.3) is 0 Å². The Kier molecular flexibility index (Phi) is 5.10. The van der Waals surface area contributed by atoms with E-state index in [0.29, 0.717) is 12.0 Å². The molecule has 5 nitrogen and oxygen atoms in total. The van der Waals surface area contributed by atoms with Gasteiger partial charge in [0.1, 0.15) is 11.9 Å². The first-order valence-corrected chi connectivity index (χ1v) is 10.0. The summed E-state index contributed by atoms with van der Waals surface area (Å²) in [4.78, 5) is 29.1. The van der Waals surface area contributed by atoms with E-state index in [1.165, 1.54) is 6.42 Å². The van der Waals surface area contributed by atoms with Crippen LogP contribution in [0.15, 0.2) is 47.6 Å². The summed E-state index contributed by atoms with van der Waals surface area (Å²) < 4.78 is 5.89. The minimum atomic E-state index is -0.341. The Morgan fingerprint density at radius 3 is 2.78 bits per heavy atom. The summed E-state index contributed by atoms with van der Waals surface area (Å²) in [5.74, 6) is -0.742. The number of rotatable bonds is 3. The van der Waals surface area contributed by atoms with Crippen LogP contribution in [-0.4, -0.2) is 17.9 Å². The summed E-state index contributed by atoms with van der Waals surface area (Å²) >= 11 is 0. The highest BCUT2D eigenvalue weighted by Crippen LogP contribution is 2.43. The highest BCUT2D eigenvalue weighted by molar-refractivity contribution is 5.96. The third-order valence-corrected chi connectivity index (χ3v) is 5.95. The largest absolute Gasteiger partial charge is 0.459 e. The number of carbonyl (C=O) groups excluding carboxylic acids is 2. The maximum absolute atomic E-state index is 13.2. The summed E-state index contributed by atoms with van der Waals surface area (Å²) in [6, 6.07) is 3.89. The van der Waals surface area contributed by atoms with Gasteiger partial charge in [-0.25, -0.2) is 9.78 Å². The monoisotopic (exact) mass is 367 g/mol. The summed E-state index contributed by atoms with van der Waals surface area (Å²) in [6.45, 7) is 1.91. The average Bonchev–Trinajstić information content (AvgIpc) is 2.68. The fourth-order valence-corrected chi connectivity index (χ4v) is 4.64. The zero-order valence-electron chi connectivity index (χ0n) is 15.8. The Bertz CT molecular complexity index is 791. The molecule has 0 bridgehead atoms. The molecule has 142 valence electrons. The second kappa shape index (κ2) is 7.67. The highest BCUT2D eigenvalue weighted by Gasteiger charge is 2.44. The molecule has 1 aromatic rings. The van der Waals surface area contributed by atoms with Crippen LogP contribution in [0.2, 0.25) is 0 Å². The summed E-state index contributed by atoms with van der Waals surface area (Å²) in [6.07, 6.45) is 12.4. The topological polar surface area (TPSA) is 69.5 Å². The Morgan fingerprint density at radius 2 is 2.04 bits per heavy atom. The van der Waals surface area contributed by atoms with E-state index in [1.807, 2.05) is 31.5 Å². The molecule has 0 spiro atoms. The number of ketones is 1. The first kappa shape index (κ1) is 18.0. The van der Waals surface area contributed by atoms with Gasteiger partial charge in [0, 0.05) is 35.4 Å². The normalized spacial score (nSPS) is 26.1.